The minimum atomic E-state index is -0.590. The van der Waals surface area contributed by atoms with Crippen LogP contribution >= 0.6 is 11.6 Å². The number of hydrogen-bond donors (Lipinski definition) is 0. The van der Waals surface area contributed by atoms with Gasteiger partial charge >= 0.3 is 5.97 Å². The van der Waals surface area contributed by atoms with Crippen molar-refractivity contribution >= 4 is 28.6 Å². The van der Waals surface area contributed by atoms with Gasteiger partial charge in [0.15, 0.2) is 11.9 Å². The molecule has 0 saturated heterocycles. The van der Waals surface area contributed by atoms with Crippen molar-refractivity contribution in [2.75, 3.05) is 0 Å². The van der Waals surface area contributed by atoms with Gasteiger partial charge in [-0.3, -0.25) is 0 Å². The average molecular weight is 396 g/mol. The maximum absolute atomic E-state index is 12.4. The van der Waals surface area contributed by atoms with Crippen LogP contribution in [-0.2, 0) is 11.3 Å². The number of aromatic nitrogens is 3. The number of carbonyl (C=O) groups is 1. The Bertz CT molecular complexity index is 1130. The Morgan fingerprint density at radius 2 is 2.00 bits per heavy atom. The lowest BCUT2D eigenvalue weighted by molar-refractivity contribution is 0.0268. The van der Waals surface area contributed by atoms with Crippen LogP contribution in [-0.4, -0.2) is 20.7 Å². The quantitative estimate of drug-likeness (QED) is 0.447. The summed E-state index contributed by atoms with van der Waals surface area (Å²) in [5.74, 6) is 0.119. The molecule has 1 atom stereocenters. The smallest absolute Gasteiger partial charge is 0.377 e. The maximum atomic E-state index is 12.4. The molecule has 6 nitrogen and oxygen atoms in total. The predicted octanol–water partition coefficient (Wildman–Crippen LogP) is 4.95. The number of ether oxygens (including phenoxy) is 1. The molecule has 0 spiro atoms. The van der Waals surface area contributed by atoms with Gasteiger partial charge in [-0.05, 0) is 37.6 Å². The molecule has 7 heteroatoms. The zero-order chi connectivity index (χ0) is 19.7. The van der Waals surface area contributed by atoms with Crippen molar-refractivity contribution in [3.8, 4) is 0 Å². The summed E-state index contributed by atoms with van der Waals surface area (Å²) in [4.78, 5) is 17.0. The first-order chi connectivity index (χ1) is 13.5. The van der Waals surface area contributed by atoms with E-state index in [1.165, 1.54) is 0 Å². The molecule has 0 saturated carbocycles. The molecule has 0 N–H and O–H groups in total. The fourth-order valence-corrected chi connectivity index (χ4v) is 3.26. The van der Waals surface area contributed by atoms with E-state index in [-0.39, 0.29) is 5.76 Å². The number of carbonyl (C=O) groups excluding carboxylic acids is 1. The van der Waals surface area contributed by atoms with E-state index < -0.39 is 12.1 Å². The third kappa shape index (κ3) is 3.64. The van der Waals surface area contributed by atoms with E-state index in [2.05, 4.69) is 10.1 Å². The first kappa shape index (κ1) is 18.3. The molecule has 2 heterocycles. The lowest BCUT2D eigenvalue weighted by atomic mass is 10.2. The molecule has 0 unspecified atom stereocenters. The van der Waals surface area contributed by atoms with Crippen LogP contribution in [0.2, 0.25) is 5.02 Å². The Balaban J connectivity index is 1.70. The number of esters is 1. The van der Waals surface area contributed by atoms with Gasteiger partial charge in [0, 0.05) is 17.6 Å². The second-order valence-corrected chi connectivity index (χ2v) is 6.99. The third-order valence-electron chi connectivity index (χ3n) is 4.40. The van der Waals surface area contributed by atoms with E-state index >= 15 is 0 Å². The normalized spacial score (nSPS) is 12.2. The largest absolute Gasteiger partial charge is 0.449 e. The van der Waals surface area contributed by atoms with E-state index in [1.807, 2.05) is 47.0 Å². The van der Waals surface area contributed by atoms with Crippen molar-refractivity contribution in [2.24, 2.45) is 0 Å². The van der Waals surface area contributed by atoms with Gasteiger partial charge in [0.05, 0.1) is 16.7 Å². The van der Waals surface area contributed by atoms with Crippen LogP contribution in [0.1, 0.15) is 40.7 Å². The van der Waals surface area contributed by atoms with Crippen LogP contribution in [0.4, 0.5) is 0 Å². The van der Waals surface area contributed by atoms with Gasteiger partial charge < -0.3 is 13.8 Å². The molecule has 2 aromatic heterocycles. The fourth-order valence-electron chi connectivity index (χ4n) is 3.10. The molecule has 142 valence electrons. The molecule has 0 aliphatic rings. The number of fused-ring (bicyclic) bond motifs is 1. The van der Waals surface area contributed by atoms with Crippen molar-refractivity contribution in [3.63, 3.8) is 0 Å². The maximum Gasteiger partial charge on any atom is 0.377 e. The highest BCUT2D eigenvalue weighted by Crippen LogP contribution is 2.27. The Kier molecular flexibility index (Phi) is 4.88. The van der Waals surface area contributed by atoms with Gasteiger partial charge in [-0.1, -0.05) is 47.1 Å². The van der Waals surface area contributed by atoms with Crippen LogP contribution in [0.5, 0.6) is 0 Å². The van der Waals surface area contributed by atoms with Crippen LogP contribution < -0.4 is 0 Å². The molecule has 0 fully saturated rings. The zero-order valence-electron chi connectivity index (χ0n) is 15.4. The summed E-state index contributed by atoms with van der Waals surface area (Å²) in [6.45, 7) is 4.12. The number of aryl methyl sites for hydroxylation is 1. The number of hydrogen-bond acceptors (Lipinski definition) is 5. The third-order valence-corrected chi connectivity index (χ3v) is 4.63. The molecule has 2 aromatic carbocycles. The molecule has 4 aromatic rings. The molecule has 0 aliphatic heterocycles. The Morgan fingerprint density at radius 1 is 1.21 bits per heavy atom. The minimum Gasteiger partial charge on any atom is -0.449 e. The van der Waals surface area contributed by atoms with Gasteiger partial charge in [0.25, 0.3) is 0 Å². The van der Waals surface area contributed by atoms with Gasteiger partial charge in [0.1, 0.15) is 0 Å². The summed E-state index contributed by atoms with van der Waals surface area (Å²) in [7, 11) is 0. The van der Waals surface area contributed by atoms with Gasteiger partial charge in [-0.2, -0.15) is 0 Å². The summed E-state index contributed by atoms with van der Waals surface area (Å²) < 4.78 is 12.6. The standard InChI is InChI=1S/C21H18ClN3O3/c1-13-10-19(28-24-13)21(26)27-14(2)20-23-17-11-16(22)8-9-18(17)25(20)12-15-6-4-3-5-7-15/h3-11,14H,12H2,1-2H3/t14-/m1/s1. The van der Waals surface area contributed by atoms with Crippen molar-refractivity contribution < 1.29 is 14.1 Å². The molecule has 4 rings (SSSR count). The van der Waals surface area contributed by atoms with Crippen LogP contribution in [0.3, 0.4) is 0 Å². The summed E-state index contributed by atoms with van der Waals surface area (Å²) in [6, 6.07) is 17.1. The topological polar surface area (TPSA) is 70.2 Å². The molecule has 28 heavy (non-hydrogen) atoms. The second-order valence-electron chi connectivity index (χ2n) is 6.55. The van der Waals surface area contributed by atoms with Gasteiger partial charge in [-0.25, -0.2) is 9.78 Å². The predicted molar refractivity (Wildman–Crippen MR) is 105 cm³/mol. The SMILES string of the molecule is Cc1cc(C(=O)O[C@H](C)c2nc3cc(Cl)ccc3n2Cc2ccccc2)on1. The lowest BCUT2D eigenvalue weighted by Gasteiger charge is -2.15. The monoisotopic (exact) mass is 395 g/mol. The number of halogens is 1. The summed E-state index contributed by atoms with van der Waals surface area (Å²) in [6.07, 6.45) is -0.590. The van der Waals surface area contributed by atoms with E-state index in [0.717, 1.165) is 16.6 Å². The summed E-state index contributed by atoms with van der Waals surface area (Å²) in [5.41, 5.74) is 3.39. The van der Waals surface area contributed by atoms with Crippen molar-refractivity contribution in [3.05, 3.63) is 82.5 Å². The number of rotatable bonds is 5. The van der Waals surface area contributed by atoms with Gasteiger partial charge in [0.2, 0.25) is 5.76 Å². The second kappa shape index (κ2) is 7.48. The van der Waals surface area contributed by atoms with Crippen molar-refractivity contribution in [2.45, 2.75) is 26.5 Å². The van der Waals surface area contributed by atoms with Crippen molar-refractivity contribution in [1.82, 2.24) is 14.7 Å². The Hall–Kier alpha value is -3.12. The van der Waals surface area contributed by atoms with Crippen molar-refractivity contribution in [1.29, 1.82) is 0 Å². The zero-order valence-corrected chi connectivity index (χ0v) is 16.2. The Morgan fingerprint density at radius 3 is 2.71 bits per heavy atom. The minimum absolute atomic E-state index is 0.0677. The number of nitrogens with zero attached hydrogens (tertiary/aromatic N) is 3. The highest BCUT2D eigenvalue weighted by atomic mass is 35.5. The van der Waals surface area contributed by atoms with Gasteiger partial charge in [-0.15, -0.1) is 0 Å². The average Bonchev–Trinajstić information content (AvgIpc) is 3.26. The van der Waals surface area contributed by atoms with E-state index in [9.17, 15) is 4.79 Å². The highest BCUT2D eigenvalue weighted by molar-refractivity contribution is 6.31. The molecular formula is C21H18ClN3O3. The lowest BCUT2D eigenvalue weighted by Crippen LogP contribution is -2.14. The van der Waals surface area contributed by atoms with Crippen LogP contribution in [0, 0.1) is 6.92 Å². The van der Waals surface area contributed by atoms with E-state index in [0.29, 0.717) is 23.1 Å². The first-order valence-electron chi connectivity index (χ1n) is 8.85. The number of imidazole rings is 1. The van der Waals surface area contributed by atoms with Crippen LogP contribution in [0.25, 0.3) is 11.0 Å². The first-order valence-corrected chi connectivity index (χ1v) is 9.23. The summed E-state index contributed by atoms with van der Waals surface area (Å²) in [5, 5.41) is 4.33. The highest BCUT2D eigenvalue weighted by Gasteiger charge is 2.23. The molecule has 0 radical (unpaired) electrons. The number of benzene rings is 2. The Labute approximate surface area is 166 Å². The summed E-state index contributed by atoms with van der Waals surface area (Å²) >= 11 is 6.13. The fraction of sp³-hybridized carbons (Fsp3) is 0.190. The molecule has 0 aliphatic carbocycles. The van der Waals surface area contributed by atoms with Crippen LogP contribution in [0.15, 0.2) is 59.1 Å². The molecular weight excluding hydrogens is 378 g/mol. The molecule has 0 bridgehead atoms. The molecule has 0 amide bonds. The van der Waals surface area contributed by atoms with E-state index in [4.69, 9.17) is 20.9 Å². The van der Waals surface area contributed by atoms with E-state index in [1.54, 1.807) is 26.0 Å².